The van der Waals surface area contributed by atoms with Crippen LogP contribution in [0.4, 0.5) is 0 Å². The lowest BCUT2D eigenvalue weighted by Crippen LogP contribution is -2.63. The number of carbonyl (C=O) groups is 1. The van der Waals surface area contributed by atoms with Crippen molar-refractivity contribution >= 4 is 5.91 Å². The van der Waals surface area contributed by atoms with Crippen LogP contribution in [-0.2, 0) is 4.74 Å². The van der Waals surface area contributed by atoms with Crippen molar-refractivity contribution in [1.29, 1.82) is 0 Å². The van der Waals surface area contributed by atoms with Crippen LogP contribution in [-0.4, -0.2) is 59.3 Å². The highest BCUT2D eigenvalue weighted by molar-refractivity contribution is 5.94. The summed E-state index contributed by atoms with van der Waals surface area (Å²) in [4.78, 5) is 12.4. The van der Waals surface area contributed by atoms with E-state index in [-0.39, 0.29) is 30.0 Å². The van der Waals surface area contributed by atoms with Gasteiger partial charge in [-0.1, -0.05) is 32.0 Å². The number of nitrogens with one attached hydrogen (secondary N) is 1. The van der Waals surface area contributed by atoms with Crippen LogP contribution in [0.25, 0.3) is 0 Å². The van der Waals surface area contributed by atoms with Crippen LogP contribution in [0, 0.1) is 34.0 Å². The van der Waals surface area contributed by atoms with E-state index in [9.17, 15) is 20.1 Å². The minimum Gasteiger partial charge on any atom is -0.396 e. The summed E-state index contributed by atoms with van der Waals surface area (Å²) in [7, 11) is 0. The van der Waals surface area contributed by atoms with Crippen LogP contribution >= 0.6 is 0 Å². The summed E-state index contributed by atoms with van der Waals surface area (Å²) in [6.45, 7) is 5.40. The molecule has 4 fully saturated rings. The van der Waals surface area contributed by atoms with Crippen molar-refractivity contribution in [2.24, 2.45) is 34.0 Å². The Kier molecular flexibility index (Phi) is 6.57. The lowest BCUT2D eigenvalue weighted by Gasteiger charge is -2.66. The third-order valence-electron chi connectivity index (χ3n) is 11.3. The van der Waals surface area contributed by atoms with E-state index in [0.717, 1.165) is 51.4 Å². The van der Waals surface area contributed by atoms with E-state index in [2.05, 4.69) is 19.2 Å². The molecular weight excluding hydrogens is 442 g/mol. The second kappa shape index (κ2) is 9.13. The van der Waals surface area contributed by atoms with E-state index >= 15 is 0 Å². The van der Waals surface area contributed by atoms with E-state index < -0.39 is 17.1 Å². The van der Waals surface area contributed by atoms with E-state index in [1.165, 1.54) is 0 Å². The average molecular weight is 486 g/mol. The normalized spacial score (nSPS) is 44.4. The maximum absolute atomic E-state index is 12.4. The summed E-state index contributed by atoms with van der Waals surface area (Å²) in [5, 5.41) is 34.7. The molecule has 1 amide bonds. The molecule has 6 nitrogen and oxygen atoms in total. The van der Waals surface area contributed by atoms with Crippen molar-refractivity contribution in [1.82, 2.24) is 5.32 Å². The topological polar surface area (TPSA) is 99.0 Å². The molecule has 4 aliphatic rings. The van der Waals surface area contributed by atoms with Gasteiger partial charge in [0.05, 0.1) is 31.5 Å². The van der Waals surface area contributed by atoms with Crippen LogP contribution < -0.4 is 5.32 Å². The van der Waals surface area contributed by atoms with Crippen LogP contribution in [0.2, 0.25) is 0 Å². The van der Waals surface area contributed by atoms with Crippen LogP contribution in [0.3, 0.4) is 0 Å². The number of ether oxygens (including phenoxy) is 1. The van der Waals surface area contributed by atoms with E-state index in [0.29, 0.717) is 36.5 Å². The molecule has 8 atom stereocenters. The highest BCUT2D eigenvalue weighted by Gasteiger charge is 2.70. The van der Waals surface area contributed by atoms with Gasteiger partial charge in [-0.25, -0.2) is 0 Å². The summed E-state index contributed by atoms with van der Waals surface area (Å²) in [5.74, 6) is 1.13. The van der Waals surface area contributed by atoms with Gasteiger partial charge in [0.15, 0.2) is 0 Å². The first-order chi connectivity index (χ1) is 16.7. The number of aliphatic hydroxyl groups excluding tert-OH is 3. The second-order valence-electron chi connectivity index (χ2n) is 12.4. The molecule has 194 valence electrons. The van der Waals surface area contributed by atoms with Crippen molar-refractivity contribution in [3.63, 3.8) is 0 Å². The van der Waals surface area contributed by atoms with Crippen LogP contribution in [0.5, 0.6) is 0 Å². The minimum absolute atomic E-state index is 0.0142. The average Bonchev–Trinajstić information content (AvgIpc) is 3.22. The fraction of sp³-hybridized carbons (Fsp3) is 0.759. The van der Waals surface area contributed by atoms with Crippen LogP contribution in [0.15, 0.2) is 30.3 Å². The Morgan fingerprint density at radius 2 is 1.80 bits per heavy atom. The van der Waals surface area contributed by atoms with Gasteiger partial charge in [-0.05, 0) is 92.1 Å². The zero-order valence-corrected chi connectivity index (χ0v) is 21.3. The van der Waals surface area contributed by atoms with Gasteiger partial charge in [-0.2, -0.15) is 0 Å². The fourth-order valence-electron chi connectivity index (χ4n) is 9.27. The Labute approximate surface area is 209 Å². The lowest BCUT2D eigenvalue weighted by atomic mass is 9.39. The number of fused-ring (bicyclic) bond motifs is 2. The molecule has 0 aromatic heterocycles. The highest BCUT2D eigenvalue weighted by Crippen LogP contribution is 2.75. The van der Waals surface area contributed by atoms with Crippen molar-refractivity contribution in [2.45, 2.75) is 76.9 Å². The van der Waals surface area contributed by atoms with Gasteiger partial charge >= 0.3 is 0 Å². The maximum atomic E-state index is 12.4. The second-order valence-corrected chi connectivity index (χ2v) is 12.4. The predicted molar refractivity (Wildman–Crippen MR) is 134 cm³/mol. The molecule has 1 aromatic rings. The largest absolute Gasteiger partial charge is 0.396 e. The molecule has 4 saturated carbocycles. The highest BCUT2D eigenvalue weighted by atomic mass is 16.5. The minimum atomic E-state index is -0.541. The van der Waals surface area contributed by atoms with E-state index in [4.69, 9.17) is 4.74 Å². The molecule has 1 spiro atoms. The SMILES string of the molecule is C[C@@]1(CO)[C@H](O)CC[C@@]2(C)[C@H]1CC[C@H]1C[C@@H]3C[C@@]12CC[C@@]3(CO)OCCNC(=O)c1ccccc1. The van der Waals surface area contributed by atoms with Crippen molar-refractivity contribution in [3.8, 4) is 0 Å². The number of hydrogen-bond acceptors (Lipinski definition) is 5. The van der Waals surface area contributed by atoms with Gasteiger partial charge < -0.3 is 25.4 Å². The predicted octanol–water partition coefficient (Wildman–Crippen LogP) is 3.54. The lowest BCUT2D eigenvalue weighted by molar-refractivity contribution is -0.220. The van der Waals surface area contributed by atoms with Crippen LogP contribution in [0.1, 0.15) is 75.6 Å². The first kappa shape index (κ1) is 25.2. The smallest absolute Gasteiger partial charge is 0.251 e. The molecule has 0 saturated heterocycles. The van der Waals surface area contributed by atoms with Gasteiger partial charge in [0.1, 0.15) is 0 Å². The summed E-state index contributed by atoms with van der Waals surface area (Å²) >= 11 is 0. The van der Waals surface area contributed by atoms with Gasteiger partial charge in [0, 0.05) is 17.5 Å². The van der Waals surface area contributed by atoms with E-state index in [1.54, 1.807) is 12.1 Å². The summed E-state index contributed by atoms with van der Waals surface area (Å²) in [5.41, 5.74) is -0.0588. The molecule has 6 heteroatoms. The molecule has 0 heterocycles. The maximum Gasteiger partial charge on any atom is 0.251 e. The number of rotatable bonds is 7. The Morgan fingerprint density at radius 3 is 2.51 bits per heavy atom. The molecule has 35 heavy (non-hydrogen) atoms. The van der Waals surface area contributed by atoms with Crippen molar-refractivity contribution in [3.05, 3.63) is 35.9 Å². The van der Waals surface area contributed by atoms with Gasteiger partial charge in [0.2, 0.25) is 0 Å². The number of aliphatic hydroxyl groups is 3. The molecule has 0 unspecified atom stereocenters. The Balaban J connectivity index is 1.28. The zero-order chi connectivity index (χ0) is 24.9. The number of hydrogen-bond donors (Lipinski definition) is 4. The first-order valence-electron chi connectivity index (χ1n) is 13.6. The fourth-order valence-corrected chi connectivity index (χ4v) is 9.27. The summed E-state index contributed by atoms with van der Waals surface area (Å²) in [6.07, 6.45) is 7.51. The molecule has 2 bridgehead atoms. The Bertz CT molecular complexity index is 925. The number of amides is 1. The molecule has 1 aromatic carbocycles. The van der Waals surface area contributed by atoms with Crippen molar-refractivity contribution < 1.29 is 24.9 Å². The molecular formula is C29H43NO5. The zero-order valence-electron chi connectivity index (χ0n) is 21.3. The Morgan fingerprint density at radius 1 is 1.03 bits per heavy atom. The van der Waals surface area contributed by atoms with Gasteiger partial charge in [-0.15, -0.1) is 0 Å². The Hall–Kier alpha value is -1.47. The van der Waals surface area contributed by atoms with Crippen molar-refractivity contribution in [2.75, 3.05) is 26.4 Å². The first-order valence-corrected chi connectivity index (χ1v) is 13.6. The number of benzene rings is 1. The van der Waals surface area contributed by atoms with E-state index in [1.807, 2.05) is 18.2 Å². The summed E-state index contributed by atoms with van der Waals surface area (Å²) in [6, 6.07) is 9.19. The molecule has 0 radical (unpaired) electrons. The monoisotopic (exact) mass is 485 g/mol. The molecule has 5 rings (SSSR count). The molecule has 4 aliphatic carbocycles. The van der Waals surface area contributed by atoms with Gasteiger partial charge in [-0.3, -0.25) is 4.79 Å². The van der Waals surface area contributed by atoms with Gasteiger partial charge in [0.25, 0.3) is 5.91 Å². The third-order valence-corrected chi connectivity index (χ3v) is 11.3. The quantitative estimate of drug-likeness (QED) is 0.443. The molecule has 4 N–H and O–H groups in total. The standard InChI is InChI=1S/C29H43NO5/c1-26(18-31)23-9-8-21-16-22-17-28(21,27(23,2)11-10-24(26)33)12-13-29(22,19-32)35-15-14-30-25(34)20-6-4-3-5-7-20/h3-7,21-24,31-33H,8-19H2,1-2H3,(H,30,34)/t21-,22+,23-,24+,26-,27-,28-,29-/m0/s1. The third kappa shape index (κ3) is 3.70. The molecule has 0 aliphatic heterocycles. The number of carbonyl (C=O) groups excluding carboxylic acids is 1. The summed E-state index contributed by atoms with van der Waals surface area (Å²) < 4.78 is 6.44.